The molecule has 0 aliphatic rings. The van der Waals surface area contributed by atoms with Gasteiger partial charge in [-0.3, -0.25) is 4.79 Å². The Bertz CT molecular complexity index is 544. The van der Waals surface area contributed by atoms with E-state index in [4.69, 9.17) is 0 Å². The highest BCUT2D eigenvalue weighted by molar-refractivity contribution is 8.00. The first-order valence-electron chi connectivity index (χ1n) is 6.22. The predicted octanol–water partition coefficient (Wildman–Crippen LogP) is 2.38. The van der Waals surface area contributed by atoms with Gasteiger partial charge < -0.3 is 10.6 Å². The van der Waals surface area contributed by atoms with Crippen molar-refractivity contribution in [3.63, 3.8) is 0 Å². The quantitative estimate of drug-likeness (QED) is 0.607. The van der Waals surface area contributed by atoms with Crippen LogP contribution in [0.2, 0.25) is 0 Å². The van der Waals surface area contributed by atoms with Crippen molar-refractivity contribution in [1.29, 1.82) is 0 Å². The molecule has 1 amide bonds. The molecule has 2 rings (SSSR count). The lowest BCUT2D eigenvalue weighted by atomic mass is 10.2. The Hall–Kier alpha value is -1.44. The molecule has 0 spiro atoms. The van der Waals surface area contributed by atoms with Gasteiger partial charge in [0.1, 0.15) is 0 Å². The largest absolute Gasteiger partial charge is 0.319 e. The van der Waals surface area contributed by atoms with E-state index in [2.05, 4.69) is 33.0 Å². The summed E-state index contributed by atoms with van der Waals surface area (Å²) >= 11 is 3.02. The fourth-order valence-corrected chi connectivity index (χ4v) is 3.18. The number of rotatable bonds is 7. The second kappa shape index (κ2) is 7.98. The van der Waals surface area contributed by atoms with E-state index in [1.165, 1.54) is 16.9 Å². The van der Waals surface area contributed by atoms with Crippen molar-refractivity contribution in [3.8, 4) is 0 Å². The predicted molar refractivity (Wildman–Crippen MR) is 83.1 cm³/mol. The molecule has 7 heteroatoms. The molecule has 20 heavy (non-hydrogen) atoms. The van der Waals surface area contributed by atoms with Crippen molar-refractivity contribution in [3.05, 3.63) is 35.9 Å². The second-order valence-corrected chi connectivity index (χ2v) is 6.25. The lowest BCUT2D eigenvalue weighted by Gasteiger charge is -1.99. The van der Waals surface area contributed by atoms with E-state index in [0.29, 0.717) is 18.1 Å². The van der Waals surface area contributed by atoms with Gasteiger partial charge in [0, 0.05) is 18.7 Å². The van der Waals surface area contributed by atoms with Gasteiger partial charge >= 0.3 is 0 Å². The summed E-state index contributed by atoms with van der Waals surface area (Å²) in [5.74, 6) is 0.804. The molecule has 2 aromatic rings. The van der Waals surface area contributed by atoms with E-state index in [1.807, 2.05) is 25.2 Å². The lowest BCUT2D eigenvalue weighted by molar-refractivity contribution is -0.116. The molecule has 0 aliphatic carbocycles. The fraction of sp³-hybridized carbons (Fsp3) is 0.308. The molecular formula is C13H16N4OS2. The number of carbonyl (C=O) groups excluding carboxylic acids is 1. The lowest BCUT2D eigenvalue weighted by Crippen LogP contribution is -2.18. The molecule has 0 radical (unpaired) electrons. The van der Waals surface area contributed by atoms with Gasteiger partial charge in [0.15, 0.2) is 4.34 Å². The van der Waals surface area contributed by atoms with Crippen LogP contribution in [0.25, 0.3) is 0 Å². The van der Waals surface area contributed by atoms with Crippen LogP contribution >= 0.6 is 23.1 Å². The van der Waals surface area contributed by atoms with Gasteiger partial charge in [0.2, 0.25) is 11.0 Å². The minimum atomic E-state index is -0.0462. The van der Waals surface area contributed by atoms with Crippen LogP contribution in [0.15, 0.2) is 34.7 Å². The average Bonchev–Trinajstić information content (AvgIpc) is 2.91. The normalized spacial score (nSPS) is 10.4. The van der Waals surface area contributed by atoms with Crippen molar-refractivity contribution < 1.29 is 4.79 Å². The van der Waals surface area contributed by atoms with Gasteiger partial charge in [-0.2, -0.15) is 0 Å². The first-order chi connectivity index (χ1) is 9.78. The summed E-state index contributed by atoms with van der Waals surface area (Å²) in [6, 6.07) is 10.2. The monoisotopic (exact) mass is 308 g/mol. The highest BCUT2D eigenvalue weighted by Gasteiger charge is 2.08. The Balaban J connectivity index is 1.81. The third-order valence-corrected chi connectivity index (χ3v) is 4.50. The Morgan fingerprint density at radius 2 is 2.10 bits per heavy atom. The van der Waals surface area contributed by atoms with Crippen molar-refractivity contribution in [1.82, 2.24) is 15.5 Å². The maximum absolute atomic E-state index is 11.5. The highest BCUT2D eigenvalue weighted by Crippen LogP contribution is 2.28. The molecule has 0 bridgehead atoms. The Morgan fingerprint density at radius 3 is 2.85 bits per heavy atom. The number of nitrogens with zero attached hydrogens (tertiary/aromatic N) is 2. The molecule has 1 aromatic carbocycles. The van der Waals surface area contributed by atoms with Crippen LogP contribution in [-0.4, -0.2) is 29.7 Å². The molecule has 0 fully saturated rings. The van der Waals surface area contributed by atoms with Gasteiger partial charge in [-0.25, -0.2) is 0 Å². The SMILES string of the molecule is CNCCC(=O)Nc1nnc(SCc2ccccc2)s1. The summed E-state index contributed by atoms with van der Waals surface area (Å²) < 4.78 is 0.859. The summed E-state index contributed by atoms with van der Waals surface area (Å²) in [5.41, 5.74) is 1.24. The molecule has 0 aliphatic heterocycles. The highest BCUT2D eigenvalue weighted by atomic mass is 32.2. The summed E-state index contributed by atoms with van der Waals surface area (Å²) in [7, 11) is 1.82. The molecule has 5 nitrogen and oxygen atoms in total. The Morgan fingerprint density at radius 1 is 1.30 bits per heavy atom. The number of benzene rings is 1. The van der Waals surface area contributed by atoms with Crippen LogP contribution in [0.4, 0.5) is 5.13 Å². The van der Waals surface area contributed by atoms with E-state index in [1.54, 1.807) is 11.8 Å². The zero-order chi connectivity index (χ0) is 14.2. The summed E-state index contributed by atoms with van der Waals surface area (Å²) in [6.07, 6.45) is 0.433. The van der Waals surface area contributed by atoms with Crippen LogP contribution in [0.5, 0.6) is 0 Å². The van der Waals surface area contributed by atoms with Crippen molar-refractivity contribution >= 4 is 34.1 Å². The number of anilines is 1. The fourth-order valence-electron chi connectivity index (χ4n) is 1.46. The zero-order valence-electron chi connectivity index (χ0n) is 11.1. The van der Waals surface area contributed by atoms with E-state index in [0.717, 1.165) is 10.1 Å². The standard InChI is InChI=1S/C13H16N4OS2/c1-14-8-7-11(18)15-12-16-17-13(20-12)19-9-10-5-3-2-4-6-10/h2-6,14H,7-9H2,1H3,(H,15,16,18). The minimum absolute atomic E-state index is 0.0462. The van der Waals surface area contributed by atoms with Crippen LogP contribution in [0.3, 0.4) is 0 Å². The number of hydrogen-bond donors (Lipinski definition) is 2. The first kappa shape index (κ1) is 15.0. The number of carbonyl (C=O) groups is 1. The summed E-state index contributed by atoms with van der Waals surface area (Å²) in [5, 5.41) is 14.3. The molecule has 1 aromatic heterocycles. The second-order valence-electron chi connectivity index (χ2n) is 4.05. The van der Waals surface area contributed by atoms with Crippen LogP contribution in [0.1, 0.15) is 12.0 Å². The van der Waals surface area contributed by atoms with Gasteiger partial charge in [-0.15, -0.1) is 10.2 Å². The molecule has 0 atom stereocenters. The van der Waals surface area contributed by atoms with Crippen molar-refractivity contribution in [2.45, 2.75) is 16.5 Å². The van der Waals surface area contributed by atoms with E-state index >= 15 is 0 Å². The molecule has 2 N–H and O–H groups in total. The van der Waals surface area contributed by atoms with Gasteiger partial charge in [-0.1, -0.05) is 53.4 Å². The van der Waals surface area contributed by atoms with Crippen LogP contribution in [-0.2, 0) is 10.5 Å². The maximum Gasteiger partial charge on any atom is 0.227 e. The third kappa shape index (κ3) is 4.92. The first-order valence-corrected chi connectivity index (χ1v) is 8.03. The maximum atomic E-state index is 11.5. The van der Waals surface area contributed by atoms with E-state index < -0.39 is 0 Å². The van der Waals surface area contributed by atoms with E-state index in [9.17, 15) is 4.79 Å². The van der Waals surface area contributed by atoms with Crippen LogP contribution < -0.4 is 10.6 Å². The third-order valence-electron chi connectivity index (χ3n) is 2.46. The smallest absolute Gasteiger partial charge is 0.227 e. The number of amides is 1. The number of nitrogens with one attached hydrogen (secondary N) is 2. The number of hydrogen-bond acceptors (Lipinski definition) is 6. The Labute approximate surface area is 126 Å². The average molecular weight is 308 g/mol. The summed E-state index contributed by atoms with van der Waals surface area (Å²) in [6.45, 7) is 0.653. The van der Waals surface area contributed by atoms with Crippen LogP contribution in [0, 0.1) is 0 Å². The number of aromatic nitrogens is 2. The molecule has 0 unspecified atom stereocenters. The van der Waals surface area contributed by atoms with Gasteiger partial charge in [0.05, 0.1) is 0 Å². The number of thioether (sulfide) groups is 1. The molecule has 1 heterocycles. The van der Waals surface area contributed by atoms with Gasteiger partial charge in [-0.05, 0) is 12.6 Å². The zero-order valence-corrected chi connectivity index (χ0v) is 12.8. The van der Waals surface area contributed by atoms with Crippen molar-refractivity contribution in [2.24, 2.45) is 0 Å². The molecular weight excluding hydrogens is 292 g/mol. The topological polar surface area (TPSA) is 66.9 Å². The van der Waals surface area contributed by atoms with Crippen molar-refractivity contribution in [2.75, 3.05) is 18.9 Å². The van der Waals surface area contributed by atoms with E-state index in [-0.39, 0.29) is 5.91 Å². The Kier molecular flexibility index (Phi) is 5.97. The summed E-state index contributed by atoms with van der Waals surface area (Å²) in [4.78, 5) is 11.5. The molecule has 0 saturated carbocycles. The van der Waals surface area contributed by atoms with Gasteiger partial charge in [0.25, 0.3) is 0 Å². The molecule has 106 valence electrons. The molecule has 0 saturated heterocycles. The minimum Gasteiger partial charge on any atom is -0.319 e.